The van der Waals surface area contributed by atoms with Crippen LogP contribution in [0.4, 0.5) is 11.4 Å². The van der Waals surface area contributed by atoms with Crippen molar-refractivity contribution in [2.45, 2.75) is 19.1 Å². The largest absolute Gasteiger partial charge is 0.378 e. The first kappa shape index (κ1) is 22.7. The zero-order valence-electron chi connectivity index (χ0n) is 19.4. The van der Waals surface area contributed by atoms with Crippen LogP contribution >= 0.6 is 0 Å². The van der Waals surface area contributed by atoms with Crippen LogP contribution in [0.5, 0.6) is 0 Å². The smallest absolute Gasteiger partial charge is 0.258 e. The van der Waals surface area contributed by atoms with Gasteiger partial charge in [0.1, 0.15) is 0 Å². The molecule has 4 rings (SSSR count). The van der Waals surface area contributed by atoms with E-state index in [4.69, 9.17) is 4.74 Å². The summed E-state index contributed by atoms with van der Waals surface area (Å²) in [5, 5.41) is 2.91. The first-order valence-corrected chi connectivity index (χ1v) is 11.0. The number of amides is 2. The van der Waals surface area contributed by atoms with Crippen LogP contribution in [0.3, 0.4) is 0 Å². The van der Waals surface area contributed by atoms with Crippen LogP contribution in [0.15, 0.2) is 72.8 Å². The maximum absolute atomic E-state index is 13.5. The van der Waals surface area contributed by atoms with Crippen LogP contribution in [0.2, 0.25) is 0 Å². The number of carbonyl (C=O) groups excluding carboxylic acids is 2. The fraction of sp³-hybridized carbons (Fsp3) is 0.259. The highest BCUT2D eigenvalue weighted by atomic mass is 16.5. The molecule has 1 N–H and O–H groups in total. The predicted octanol–water partition coefficient (Wildman–Crippen LogP) is 4.53. The summed E-state index contributed by atoms with van der Waals surface area (Å²) in [5.41, 5.74) is 4.69. The second-order valence-corrected chi connectivity index (χ2v) is 8.50. The number of para-hydroxylation sites is 1. The molecule has 0 saturated carbocycles. The normalized spacial score (nSPS) is 17.5. The van der Waals surface area contributed by atoms with E-state index in [0.717, 1.165) is 16.8 Å². The van der Waals surface area contributed by atoms with Gasteiger partial charge in [0.2, 0.25) is 0 Å². The number of aryl methyl sites for hydroxylation is 1. The molecule has 2 atom stereocenters. The molecule has 33 heavy (non-hydrogen) atoms. The molecular weight excluding hydrogens is 414 g/mol. The number of rotatable bonds is 5. The van der Waals surface area contributed by atoms with Gasteiger partial charge in [-0.2, -0.15) is 0 Å². The standard InChI is InChI=1S/C27H29N3O3/c1-18-9-5-6-10-21(18)26(31)28-20-15-13-19(14-16-20)27(32)30-17-24(33-4)25(29(2)3)22-11-7-8-12-23(22)30/h5-16,24-25H,17H2,1-4H3,(H,28,31). The molecule has 170 valence electrons. The van der Waals surface area contributed by atoms with Gasteiger partial charge in [0.15, 0.2) is 0 Å². The Morgan fingerprint density at radius 3 is 2.30 bits per heavy atom. The summed E-state index contributed by atoms with van der Waals surface area (Å²) in [6, 6.07) is 22.5. The summed E-state index contributed by atoms with van der Waals surface area (Å²) in [5.74, 6) is -0.270. The lowest BCUT2D eigenvalue weighted by molar-refractivity contribution is 0.0312. The number of ether oxygens (including phenoxy) is 1. The molecule has 1 heterocycles. The van der Waals surface area contributed by atoms with E-state index in [1.165, 1.54) is 0 Å². The van der Waals surface area contributed by atoms with Gasteiger partial charge in [0.05, 0.1) is 18.7 Å². The summed E-state index contributed by atoms with van der Waals surface area (Å²) >= 11 is 0. The maximum Gasteiger partial charge on any atom is 0.258 e. The van der Waals surface area contributed by atoms with Crippen LogP contribution < -0.4 is 10.2 Å². The van der Waals surface area contributed by atoms with Crippen molar-refractivity contribution in [1.82, 2.24) is 4.90 Å². The molecule has 3 aromatic carbocycles. The highest BCUT2D eigenvalue weighted by Crippen LogP contribution is 2.38. The van der Waals surface area contributed by atoms with Crippen LogP contribution in [0, 0.1) is 6.92 Å². The third kappa shape index (κ3) is 4.53. The van der Waals surface area contributed by atoms with Crippen LogP contribution in [-0.2, 0) is 4.74 Å². The average molecular weight is 444 g/mol. The zero-order chi connectivity index (χ0) is 23.5. The van der Waals surface area contributed by atoms with E-state index >= 15 is 0 Å². The molecule has 1 aliphatic rings. The SMILES string of the molecule is COC1CN(C(=O)c2ccc(NC(=O)c3ccccc3C)cc2)c2ccccc2C1N(C)C. The third-order valence-electron chi connectivity index (χ3n) is 6.14. The summed E-state index contributed by atoms with van der Waals surface area (Å²) in [6.07, 6.45) is -0.147. The van der Waals surface area contributed by atoms with Crippen molar-refractivity contribution in [3.05, 3.63) is 95.1 Å². The summed E-state index contributed by atoms with van der Waals surface area (Å²) < 4.78 is 5.77. The predicted molar refractivity (Wildman–Crippen MR) is 131 cm³/mol. The van der Waals surface area contributed by atoms with E-state index in [0.29, 0.717) is 23.4 Å². The minimum Gasteiger partial charge on any atom is -0.378 e. The molecule has 6 nitrogen and oxygen atoms in total. The molecular formula is C27H29N3O3. The molecule has 0 radical (unpaired) electrons. The minimum absolute atomic E-state index is 0.0641. The number of benzene rings is 3. The lowest BCUT2D eigenvalue weighted by Crippen LogP contribution is -2.48. The van der Waals surface area contributed by atoms with E-state index in [9.17, 15) is 9.59 Å². The Hall–Kier alpha value is -3.48. The maximum atomic E-state index is 13.5. The number of anilines is 2. The second-order valence-electron chi connectivity index (χ2n) is 8.50. The number of carbonyl (C=O) groups is 2. The molecule has 0 saturated heterocycles. The lowest BCUT2D eigenvalue weighted by Gasteiger charge is -2.42. The van der Waals surface area contributed by atoms with Crippen molar-refractivity contribution >= 4 is 23.2 Å². The van der Waals surface area contributed by atoms with E-state index in [1.807, 2.05) is 57.4 Å². The Morgan fingerprint density at radius 2 is 1.64 bits per heavy atom. The van der Waals surface area contributed by atoms with Gasteiger partial charge in [-0.05, 0) is 68.5 Å². The highest BCUT2D eigenvalue weighted by molar-refractivity contribution is 6.08. The van der Waals surface area contributed by atoms with E-state index in [-0.39, 0.29) is 24.0 Å². The van der Waals surface area contributed by atoms with Gasteiger partial charge in [-0.25, -0.2) is 0 Å². The molecule has 0 fully saturated rings. The fourth-order valence-corrected chi connectivity index (χ4v) is 4.45. The first-order valence-electron chi connectivity index (χ1n) is 11.0. The number of fused-ring (bicyclic) bond motifs is 1. The van der Waals surface area contributed by atoms with Crippen molar-refractivity contribution in [2.75, 3.05) is 38.0 Å². The molecule has 1 aliphatic heterocycles. The quantitative estimate of drug-likeness (QED) is 0.630. The zero-order valence-corrected chi connectivity index (χ0v) is 19.4. The van der Waals surface area contributed by atoms with Crippen LogP contribution in [0.25, 0.3) is 0 Å². The summed E-state index contributed by atoms with van der Waals surface area (Å²) in [7, 11) is 5.73. The number of nitrogens with one attached hydrogen (secondary N) is 1. The monoisotopic (exact) mass is 443 g/mol. The minimum atomic E-state index is -0.171. The molecule has 2 amide bonds. The van der Waals surface area contributed by atoms with Gasteiger partial charge in [0, 0.05) is 29.6 Å². The summed E-state index contributed by atoms with van der Waals surface area (Å²) in [6.45, 7) is 2.36. The van der Waals surface area contributed by atoms with Gasteiger partial charge in [0.25, 0.3) is 11.8 Å². The van der Waals surface area contributed by atoms with Gasteiger partial charge < -0.3 is 15.0 Å². The molecule has 0 bridgehead atoms. The van der Waals surface area contributed by atoms with E-state index in [1.54, 1.807) is 42.3 Å². The third-order valence-corrected chi connectivity index (χ3v) is 6.14. The van der Waals surface area contributed by atoms with Crippen molar-refractivity contribution in [1.29, 1.82) is 0 Å². The Morgan fingerprint density at radius 1 is 0.970 bits per heavy atom. The molecule has 3 aromatic rings. The molecule has 0 aliphatic carbocycles. The second kappa shape index (κ2) is 9.57. The average Bonchev–Trinajstić information content (AvgIpc) is 2.83. The summed E-state index contributed by atoms with van der Waals surface area (Å²) in [4.78, 5) is 30.0. The van der Waals surface area contributed by atoms with Gasteiger partial charge >= 0.3 is 0 Å². The Kier molecular flexibility index (Phi) is 6.58. The van der Waals surface area contributed by atoms with Gasteiger partial charge in [-0.15, -0.1) is 0 Å². The Labute approximate surface area is 194 Å². The number of methoxy groups -OCH3 is 1. The number of likely N-dealkylation sites (N-methyl/N-ethyl adjacent to an activating group) is 1. The van der Waals surface area contributed by atoms with Crippen LogP contribution in [-0.4, -0.2) is 50.6 Å². The fourth-order valence-electron chi connectivity index (χ4n) is 4.45. The molecule has 0 aromatic heterocycles. The molecule has 2 unspecified atom stereocenters. The Balaban J connectivity index is 1.56. The first-order chi connectivity index (χ1) is 15.9. The highest BCUT2D eigenvalue weighted by Gasteiger charge is 2.37. The topological polar surface area (TPSA) is 61.9 Å². The van der Waals surface area contributed by atoms with Gasteiger partial charge in [-0.3, -0.25) is 14.5 Å². The number of nitrogens with zero attached hydrogens (tertiary/aromatic N) is 2. The van der Waals surface area contributed by atoms with Crippen molar-refractivity contribution in [3.63, 3.8) is 0 Å². The van der Waals surface area contributed by atoms with Crippen molar-refractivity contribution in [2.24, 2.45) is 0 Å². The number of hydrogen-bond donors (Lipinski definition) is 1. The molecule has 6 heteroatoms. The van der Waals surface area contributed by atoms with E-state index in [2.05, 4.69) is 16.3 Å². The number of hydrogen-bond acceptors (Lipinski definition) is 4. The van der Waals surface area contributed by atoms with Crippen LogP contribution in [0.1, 0.15) is 37.9 Å². The van der Waals surface area contributed by atoms with E-state index < -0.39 is 0 Å². The van der Waals surface area contributed by atoms with Gasteiger partial charge in [-0.1, -0.05) is 36.4 Å². The lowest BCUT2D eigenvalue weighted by atomic mass is 9.92. The molecule has 0 spiro atoms. The Bertz CT molecular complexity index is 1160. The van der Waals surface area contributed by atoms with Crippen molar-refractivity contribution in [3.8, 4) is 0 Å². The van der Waals surface area contributed by atoms with Crippen molar-refractivity contribution < 1.29 is 14.3 Å².